The van der Waals surface area contributed by atoms with Gasteiger partial charge in [0.25, 0.3) is 0 Å². The molecular weight excluding hydrogens is 603 g/mol. The van der Waals surface area contributed by atoms with Crippen LogP contribution in [0.1, 0.15) is 172 Å². The molecule has 3 heteroatoms. The summed E-state index contributed by atoms with van der Waals surface area (Å²) in [6.45, 7) is 9.04. The Morgan fingerprint density at radius 1 is 0.500 bits per heavy atom. The van der Waals surface area contributed by atoms with Crippen LogP contribution in [0, 0.1) is 11.8 Å². The van der Waals surface area contributed by atoms with Crippen molar-refractivity contribution in [2.24, 2.45) is 0 Å². The molecule has 0 saturated heterocycles. The molecule has 2 nitrogen and oxygen atoms in total. The predicted octanol–water partition coefficient (Wildman–Crippen LogP) is 13.4. The van der Waals surface area contributed by atoms with E-state index in [-0.39, 0.29) is 16.5 Å². The van der Waals surface area contributed by atoms with E-state index < -0.39 is 0 Å². The zero-order valence-electron chi connectivity index (χ0n) is 29.7. The number of benzene rings is 2. The molecule has 1 aliphatic heterocycles. The van der Waals surface area contributed by atoms with Crippen molar-refractivity contribution >= 4 is 11.4 Å². The minimum Gasteiger partial charge on any atom is -0.493 e. The molecule has 0 spiro atoms. The Hall–Kier alpha value is -2.43. The average Bonchev–Trinajstić information content (AvgIpc) is 3.34. The topological polar surface area (TPSA) is 25.3 Å². The van der Waals surface area contributed by atoms with Crippen LogP contribution in [0.15, 0.2) is 59.7 Å². The van der Waals surface area contributed by atoms with Gasteiger partial charge >= 0.3 is 0 Å². The second-order valence-corrected chi connectivity index (χ2v) is 13.2. The Morgan fingerprint density at radius 2 is 0.935 bits per heavy atom. The number of allylic oxidation sites excluding steroid dienone is 2. The number of nitrogens with zero attached hydrogens (tertiary/aromatic N) is 2. The van der Waals surface area contributed by atoms with Crippen molar-refractivity contribution in [3.05, 3.63) is 87.5 Å². The Balaban J connectivity index is 0.00000736. The molecule has 0 fully saturated rings. The minimum atomic E-state index is 0. The van der Waals surface area contributed by atoms with E-state index in [0.717, 1.165) is 73.0 Å². The van der Waals surface area contributed by atoms with Crippen molar-refractivity contribution in [2.75, 3.05) is 0 Å². The van der Waals surface area contributed by atoms with Gasteiger partial charge in [0, 0.05) is 39.6 Å². The summed E-state index contributed by atoms with van der Waals surface area (Å²) in [7, 11) is 0. The van der Waals surface area contributed by atoms with E-state index in [1.54, 1.807) is 0 Å². The van der Waals surface area contributed by atoms with E-state index in [4.69, 9.17) is 0 Å². The summed E-state index contributed by atoms with van der Waals surface area (Å²) < 4.78 is 1.46. The van der Waals surface area contributed by atoms with Crippen LogP contribution in [0.2, 0.25) is 0 Å². The Labute approximate surface area is 293 Å². The quantitative estimate of drug-likeness (QED) is 0.0518. The molecule has 0 N–H and O–H groups in total. The first-order valence-electron chi connectivity index (χ1n) is 18.8. The first kappa shape index (κ1) is 39.8. The molecular formula is C43H62N2Ni. The van der Waals surface area contributed by atoms with Crippen molar-refractivity contribution < 1.29 is 21.2 Å². The molecule has 0 atom stereocenters. The van der Waals surface area contributed by atoms with Crippen LogP contribution in [0.3, 0.4) is 0 Å². The largest absolute Gasteiger partial charge is 0.493 e. The molecule has 1 heterocycles. The number of aryl methyl sites for hydroxylation is 2. The van der Waals surface area contributed by atoms with Crippen molar-refractivity contribution in [1.29, 1.82) is 0 Å². The Bertz CT molecular complexity index is 1270. The number of hydrogen-bond acceptors (Lipinski definition) is 0. The fourth-order valence-corrected chi connectivity index (χ4v) is 6.37. The summed E-state index contributed by atoms with van der Waals surface area (Å²) in [5.74, 6) is 7.15. The molecule has 0 aromatic heterocycles. The fraction of sp³-hybridized carbons (Fsp3) is 0.581. The molecule has 0 bridgehead atoms. The van der Waals surface area contributed by atoms with E-state index in [2.05, 4.69) is 88.1 Å². The van der Waals surface area contributed by atoms with Gasteiger partial charge in [0.2, 0.25) is 11.4 Å². The smallest absolute Gasteiger partial charge is 0.223 e. The van der Waals surface area contributed by atoms with Crippen LogP contribution in [-0.2, 0) is 29.3 Å². The van der Waals surface area contributed by atoms with Crippen LogP contribution >= 0.6 is 0 Å². The molecule has 1 aliphatic rings. The van der Waals surface area contributed by atoms with Crippen LogP contribution in [0.25, 0.3) is 16.9 Å². The normalized spacial score (nSPS) is 12.8. The van der Waals surface area contributed by atoms with Crippen molar-refractivity contribution in [3.63, 3.8) is 0 Å². The summed E-state index contributed by atoms with van der Waals surface area (Å²) in [4.78, 5) is 0. The van der Waals surface area contributed by atoms with Gasteiger partial charge in [-0.2, -0.15) is 0 Å². The van der Waals surface area contributed by atoms with Gasteiger partial charge in [0.15, 0.2) is 0 Å². The second-order valence-electron chi connectivity index (χ2n) is 13.2. The third-order valence-corrected chi connectivity index (χ3v) is 9.24. The van der Waals surface area contributed by atoms with Crippen molar-refractivity contribution in [3.8, 4) is 11.8 Å². The first-order valence-corrected chi connectivity index (χ1v) is 18.8. The second kappa shape index (κ2) is 23.8. The molecule has 0 saturated carbocycles. The van der Waals surface area contributed by atoms with Gasteiger partial charge in [-0.15, -0.1) is 0 Å². The third-order valence-electron chi connectivity index (χ3n) is 9.24. The maximum Gasteiger partial charge on any atom is 0.223 e. The van der Waals surface area contributed by atoms with Crippen LogP contribution in [0.5, 0.6) is 0 Å². The van der Waals surface area contributed by atoms with E-state index in [0.29, 0.717) is 0 Å². The minimum absolute atomic E-state index is 0. The molecule has 0 aliphatic carbocycles. The molecule has 0 unspecified atom stereocenters. The van der Waals surface area contributed by atoms with Crippen LogP contribution < -0.4 is 0 Å². The summed E-state index contributed by atoms with van der Waals surface area (Å²) in [6, 6.07) is 17.8. The molecule has 3 rings (SSSR count). The van der Waals surface area contributed by atoms with E-state index >= 15 is 0 Å². The summed E-state index contributed by atoms with van der Waals surface area (Å²) >= 11 is 0. The summed E-state index contributed by atoms with van der Waals surface area (Å²) in [5.41, 5.74) is 20.8. The number of hydrogen-bond donors (Lipinski definition) is 0. The van der Waals surface area contributed by atoms with Crippen molar-refractivity contribution in [1.82, 2.24) is 0 Å². The Kier molecular flexibility index (Phi) is 20.6. The van der Waals surface area contributed by atoms with E-state index in [1.807, 2.05) is 0 Å². The molecule has 0 radical (unpaired) electrons. The van der Waals surface area contributed by atoms with Gasteiger partial charge in [0.05, 0.1) is 0 Å². The van der Waals surface area contributed by atoms with E-state index in [1.165, 1.54) is 111 Å². The summed E-state index contributed by atoms with van der Waals surface area (Å²) in [6.07, 6.45) is 25.6. The van der Waals surface area contributed by atoms with Gasteiger partial charge in [0.1, 0.15) is 5.57 Å². The Morgan fingerprint density at radius 3 is 1.48 bits per heavy atom. The molecule has 2 aromatic carbocycles. The third kappa shape index (κ3) is 13.0. The molecule has 46 heavy (non-hydrogen) atoms. The maximum atomic E-state index is 11.9. The maximum absolute atomic E-state index is 11.9. The van der Waals surface area contributed by atoms with Gasteiger partial charge in [-0.05, 0) is 80.3 Å². The number of rotatable bonds is 22. The molecule has 0 amide bonds. The van der Waals surface area contributed by atoms with E-state index in [9.17, 15) is 5.53 Å². The summed E-state index contributed by atoms with van der Waals surface area (Å²) in [5, 5.41) is 0. The molecule has 254 valence electrons. The SMILES string of the molecule is CCCCCCCCCC#CC1=C(c2ccc(CCCCCCCC)cc2)[N+](=[N-])C(c2ccc(CCCC)cc2)=C1CCCC.[Ni]. The zero-order chi connectivity index (χ0) is 32.1. The van der Waals surface area contributed by atoms with Gasteiger partial charge in [-0.25, -0.2) is 4.70 Å². The fourth-order valence-electron chi connectivity index (χ4n) is 6.37. The number of unbranched alkanes of at least 4 members (excludes halogenated alkanes) is 14. The molecule has 2 aromatic rings. The monoisotopic (exact) mass is 664 g/mol. The zero-order valence-corrected chi connectivity index (χ0v) is 30.7. The average molecular weight is 666 g/mol. The van der Waals surface area contributed by atoms with Crippen LogP contribution in [0.4, 0.5) is 0 Å². The van der Waals surface area contributed by atoms with Gasteiger partial charge in [-0.1, -0.05) is 147 Å². The van der Waals surface area contributed by atoms with Crippen LogP contribution in [-0.4, -0.2) is 4.70 Å². The first-order chi connectivity index (χ1) is 22.1. The van der Waals surface area contributed by atoms with Gasteiger partial charge in [-0.3, -0.25) is 0 Å². The van der Waals surface area contributed by atoms with Gasteiger partial charge < -0.3 is 5.53 Å². The predicted molar refractivity (Wildman–Crippen MR) is 196 cm³/mol. The van der Waals surface area contributed by atoms with Crippen molar-refractivity contribution in [2.45, 2.75) is 163 Å². The standard InChI is InChI=1S/C43H62N2.Ni/c1-5-9-13-15-17-18-19-21-23-27-41-40(26-12-8-4)42(38-32-28-36(29-33-38)24-11-7-3)45(44)43(41)39-34-30-37(31-35-39)25-22-20-16-14-10-6-2;/h28-35H,5-22,24-26H2,1-4H3;.